The molecule has 0 aromatic rings. The van der Waals surface area contributed by atoms with Gasteiger partial charge in [0.05, 0.1) is 19.8 Å². The Hall–Kier alpha value is -0.650. The largest absolute Gasteiger partial charge is 0.382 e. The molecular weight excluding hydrogens is 220 g/mol. The summed E-state index contributed by atoms with van der Waals surface area (Å²) in [6.45, 7) is 5.36. The second-order valence-corrected chi connectivity index (χ2v) is 4.47. The molecule has 2 N–H and O–H groups in total. The molecule has 100 valence electrons. The number of hydrogen-bond donors (Lipinski definition) is 2. The summed E-state index contributed by atoms with van der Waals surface area (Å²) < 4.78 is 10.1. The molecule has 1 saturated heterocycles. The Bertz CT molecular complexity index is 224. The minimum absolute atomic E-state index is 0.158. The summed E-state index contributed by atoms with van der Waals surface area (Å²) in [5, 5.41) is 6.26. The topological polar surface area (TPSA) is 59.6 Å². The Labute approximate surface area is 103 Å². The van der Waals surface area contributed by atoms with Gasteiger partial charge in [0, 0.05) is 25.6 Å². The quantitative estimate of drug-likeness (QED) is 0.626. The zero-order chi connectivity index (χ0) is 12.5. The fourth-order valence-corrected chi connectivity index (χ4v) is 2.01. The van der Waals surface area contributed by atoms with Crippen LogP contribution in [0.2, 0.25) is 0 Å². The van der Waals surface area contributed by atoms with Crippen molar-refractivity contribution in [2.45, 2.75) is 25.8 Å². The van der Waals surface area contributed by atoms with Gasteiger partial charge >= 0.3 is 0 Å². The first-order valence-corrected chi connectivity index (χ1v) is 6.31. The summed E-state index contributed by atoms with van der Waals surface area (Å²) in [5.41, 5.74) is 0. The van der Waals surface area contributed by atoms with Crippen molar-refractivity contribution >= 4 is 5.91 Å². The lowest BCUT2D eigenvalue weighted by Gasteiger charge is -2.27. The smallest absolute Gasteiger partial charge is 0.223 e. The molecule has 17 heavy (non-hydrogen) atoms. The number of hydrogen-bond acceptors (Lipinski definition) is 4. The lowest BCUT2D eigenvalue weighted by molar-refractivity contribution is -0.126. The maximum absolute atomic E-state index is 11.8. The molecule has 2 atom stereocenters. The molecule has 0 aromatic heterocycles. The van der Waals surface area contributed by atoms with Crippen LogP contribution in [-0.2, 0) is 14.3 Å². The first kappa shape index (κ1) is 14.4. The normalized spacial score (nSPS) is 24.6. The zero-order valence-electron chi connectivity index (χ0n) is 10.8. The maximum atomic E-state index is 11.8. The van der Waals surface area contributed by atoms with E-state index in [4.69, 9.17) is 9.47 Å². The van der Waals surface area contributed by atoms with Gasteiger partial charge in [0.25, 0.3) is 0 Å². The van der Waals surface area contributed by atoms with Gasteiger partial charge in [-0.15, -0.1) is 0 Å². The van der Waals surface area contributed by atoms with Crippen molar-refractivity contribution < 1.29 is 14.3 Å². The molecule has 5 heteroatoms. The monoisotopic (exact) mass is 244 g/mol. The van der Waals surface area contributed by atoms with E-state index in [1.807, 2.05) is 0 Å². The highest BCUT2D eigenvalue weighted by Crippen LogP contribution is 2.15. The van der Waals surface area contributed by atoms with Crippen LogP contribution in [0.15, 0.2) is 0 Å². The average Bonchev–Trinajstić information content (AvgIpc) is 2.33. The number of piperidine rings is 1. The second kappa shape index (κ2) is 8.44. The number of amides is 1. The van der Waals surface area contributed by atoms with E-state index < -0.39 is 0 Å². The van der Waals surface area contributed by atoms with Crippen LogP contribution >= 0.6 is 0 Å². The van der Waals surface area contributed by atoms with Crippen LogP contribution in [0.5, 0.6) is 0 Å². The van der Waals surface area contributed by atoms with Crippen LogP contribution in [0, 0.1) is 5.92 Å². The average molecular weight is 244 g/mol. The minimum atomic E-state index is 0.158. The van der Waals surface area contributed by atoms with Crippen molar-refractivity contribution in [1.82, 2.24) is 10.6 Å². The third kappa shape index (κ3) is 6.00. The number of methoxy groups -OCH3 is 1. The van der Waals surface area contributed by atoms with Gasteiger partial charge in [-0.2, -0.15) is 0 Å². The summed E-state index contributed by atoms with van der Waals surface area (Å²) in [6.07, 6.45) is 1.86. The van der Waals surface area contributed by atoms with E-state index in [1.54, 1.807) is 7.11 Å². The van der Waals surface area contributed by atoms with Crippen LogP contribution < -0.4 is 10.6 Å². The predicted octanol–water partition coefficient (Wildman–Crippen LogP) is 0.154. The van der Waals surface area contributed by atoms with Crippen molar-refractivity contribution in [3.8, 4) is 0 Å². The molecule has 1 aliphatic rings. The van der Waals surface area contributed by atoms with Gasteiger partial charge < -0.3 is 20.1 Å². The molecule has 1 rings (SSSR count). The highest BCUT2D eigenvalue weighted by atomic mass is 16.5. The molecule has 1 amide bonds. The molecule has 1 heterocycles. The van der Waals surface area contributed by atoms with Crippen LogP contribution in [0.3, 0.4) is 0 Å². The second-order valence-electron chi connectivity index (χ2n) is 4.47. The molecule has 1 aliphatic heterocycles. The first-order valence-electron chi connectivity index (χ1n) is 6.31. The fourth-order valence-electron chi connectivity index (χ4n) is 2.01. The number of rotatable bonds is 7. The number of carbonyl (C=O) groups excluding carboxylic acids is 1. The number of nitrogens with one attached hydrogen (secondary N) is 2. The molecule has 0 bridgehead atoms. The van der Waals surface area contributed by atoms with Gasteiger partial charge in [-0.05, 0) is 26.3 Å². The van der Waals surface area contributed by atoms with Crippen molar-refractivity contribution in [3.05, 3.63) is 0 Å². The zero-order valence-corrected chi connectivity index (χ0v) is 10.8. The van der Waals surface area contributed by atoms with E-state index in [9.17, 15) is 4.79 Å². The van der Waals surface area contributed by atoms with E-state index in [2.05, 4.69) is 17.6 Å². The lowest BCUT2D eigenvalue weighted by Crippen LogP contribution is -2.43. The van der Waals surface area contributed by atoms with Gasteiger partial charge in [0.15, 0.2) is 0 Å². The Morgan fingerprint density at radius 3 is 2.94 bits per heavy atom. The van der Waals surface area contributed by atoms with E-state index in [-0.39, 0.29) is 11.8 Å². The number of ether oxygens (including phenoxy) is 2. The molecule has 1 fully saturated rings. The highest BCUT2D eigenvalue weighted by Gasteiger charge is 2.24. The summed E-state index contributed by atoms with van der Waals surface area (Å²) in [4.78, 5) is 11.8. The lowest BCUT2D eigenvalue weighted by atomic mass is 9.92. The van der Waals surface area contributed by atoms with Gasteiger partial charge in [-0.25, -0.2) is 0 Å². The summed E-state index contributed by atoms with van der Waals surface area (Å²) in [6, 6.07) is 0.442. The first-order chi connectivity index (χ1) is 8.24. The van der Waals surface area contributed by atoms with Crippen molar-refractivity contribution in [2.75, 3.05) is 40.0 Å². The fraction of sp³-hybridized carbons (Fsp3) is 0.917. The number of carbonyl (C=O) groups is 1. The Morgan fingerprint density at radius 2 is 2.24 bits per heavy atom. The van der Waals surface area contributed by atoms with Gasteiger partial charge in [0.1, 0.15) is 0 Å². The summed E-state index contributed by atoms with van der Waals surface area (Å²) in [5.74, 6) is 0.318. The van der Waals surface area contributed by atoms with E-state index in [1.165, 1.54) is 0 Å². The minimum Gasteiger partial charge on any atom is -0.382 e. The molecule has 0 aliphatic carbocycles. The van der Waals surface area contributed by atoms with Crippen LogP contribution in [-0.4, -0.2) is 52.0 Å². The van der Waals surface area contributed by atoms with Crippen LogP contribution in [0.1, 0.15) is 19.8 Å². The molecule has 5 nitrogen and oxygen atoms in total. The third-order valence-corrected chi connectivity index (χ3v) is 2.97. The Balaban J connectivity index is 2.04. The highest BCUT2D eigenvalue weighted by molar-refractivity contribution is 5.78. The summed E-state index contributed by atoms with van der Waals surface area (Å²) >= 11 is 0. The van der Waals surface area contributed by atoms with Gasteiger partial charge in [-0.3, -0.25) is 4.79 Å². The SMILES string of the molecule is COCCOCCNC(=O)C1CCNC(C)C1. The van der Waals surface area contributed by atoms with Crippen LogP contribution in [0.25, 0.3) is 0 Å². The Kier molecular flexibility index (Phi) is 7.16. The third-order valence-electron chi connectivity index (χ3n) is 2.97. The predicted molar refractivity (Wildman–Crippen MR) is 65.9 cm³/mol. The van der Waals surface area contributed by atoms with E-state index >= 15 is 0 Å². The maximum Gasteiger partial charge on any atom is 0.223 e. The van der Waals surface area contributed by atoms with Gasteiger partial charge in [-0.1, -0.05) is 0 Å². The molecule has 2 unspecified atom stereocenters. The van der Waals surface area contributed by atoms with Crippen molar-refractivity contribution in [2.24, 2.45) is 5.92 Å². The van der Waals surface area contributed by atoms with E-state index in [0.29, 0.717) is 32.4 Å². The Morgan fingerprint density at radius 1 is 1.41 bits per heavy atom. The standard InChI is InChI=1S/C12H24N2O3/c1-10-9-11(3-4-13-10)12(15)14-5-6-17-8-7-16-2/h10-11,13H,3-9H2,1-2H3,(H,14,15). The molecule has 0 saturated carbocycles. The van der Waals surface area contributed by atoms with E-state index in [0.717, 1.165) is 19.4 Å². The summed E-state index contributed by atoms with van der Waals surface area (Å²) in [7, 11) is 1.64. The van der Waals surface area contributed by atoms with Gasteiger partial charge in [0.2, 0.25) is 5.91 Å². The molecule has 0 spiro atoms. The van der Waals surface area contributed by atoms with Crippen molar-refractivity contribution in [3.63, 3.8) is 0 Å². The molecule has 0 aromatic carbocycles. The van der Waals surface area contributed by atoms with Crippen LogP contribution in [0.4, 0.5) is 0 Å². The van der Waals surface area contributed by atoms with Crippen molar-refractivity contribution in [1.29, 1.82) is 0 Å². The molecule has 0 radical (unpaired) electrons. The molecular formula is C12H24N2O3.